The number of rotatable bonds is 3. The smallest absolute Gasteiger partial charge is 0.298 e. The van der Waals surface area contributed by atoms with Crippen molar-refractivity contribution in [1.82, 2.24) is 15.0 Å². The van der Waals surface area contributed by atoms with Crippen molar-refractivity contribution in [2.45, 2.75) is 19.4 Å². The van der Waals surface area contributed by atoms with E-state index in [1.54, 1.807) is 0 Å². The number of nitrogens with zero attached hydrogens (tertiary/aromatic N) is 4. The fourth-order valence-electron chi connectivity index (χ4n) is 1.55. The minimum absolute atomic E-state index is 0.0652. The Kier molecular flexibility index (Phi) is 3.22. The summed E-state index contributed by atoms with van der Waals surface area (Å²) in [5, 5.41) is 27.7. The number of aromatic nitrogens is 3. The molecular weight excluding hydrogens is 274 g/mol. The van der Waals surface area contributed by atoms with Crippen molar-refractivity contribution in [2.75, 3.05) is 0 Å². The molecule has 9 heteroatoms. The molecule has 2 rings (SSSR count). The highest BCUT2D eigenvalue weighted by Crippen LogP contribution is 2.28. The SMILES string of the molecule is CC(C)(O)c1cn(-c2c([N+](=O)[O-])ccc(F)c2F)nn1. The summed E-state index contributed by atoms with van der Waals surface area (Å²) in [6.45, 7) is 2.83. The minimum Gasteiger partial charge on any atom is -0.384 e. The Hall–Kier alpha value is -2.42. The Balaban J connectivity index is 2.66. The van der Waals surface area contributed by atoms with Crippen LogP contribution in [-0.2, 0) is 5.60 Å². The van der Waals surface area contributed by atoms with Gasteiger partial charge in [0, 0.05) is 6.07 Å². The topological polar surface area (TPSA) is 94.1 Å². The first-order valence-corrected chi connectivity index (χ1v) is 5.50. The maximum absolute atomic E-state index is 13.8. The van der Waals surface area contributed by atoms with Crippen LogP contribution in [-0.4, -0.2) is 25.0 Å². The lowest BCUT2D eigenvalue weighted by Gasteiger charge is -2.11. The van der Waals surface area contributed by atoms with Gasteiger partial charge in [-0.25, -0.2) is 13.5 Å². The second-order valence-corrected chi connectivity index (χ2v) is 4.59. The summed E-state index contributed by atoms with van der Waals surface area (Å²) >= 11 is 0. The van der Waals surface area contributed by atoms with Crippen LogP contribution >= 0.6 is 0 Å². The van der Waals surface area contributed by atoms with Gasteiger partial charge in [0.25, 0.3) is 5.69 Å². The van der Waals surface area contributed by atoms with Crippen molar-refractivity contribution < 1.29 is 18.8 Å². The Bertz CT molecular complexity index is 679. The highest BCUT2D eigenvalue weighted by molar-refractivity contribution is 5.53. The van der Waals surface area contributed by atoms with Crippen LogP contribution in [0, 0.1) is 21.7 Å². The minimum atomic E-state index is -1.41. The molecule has 1 N–H and O–H groups in total. The molecule has 0 spiro atoms. The van der Waals surface area contributed by atoms with Gasteiger partial charge in [-0.1, -0.05) is 5.21 Å². The van der Waals surface area contributed by atoms with Crippen LogP contribution in [0.25, 0.3) is 5.69 Å². The van der Waals surface area contributed by atoms with Crippen molar-refractivity contribution in [3.8, 4) is 5.69 Å². The molecule has 0 saturated heterocycles. The molecular formula is C11H10F2N4O3. The summed E-state index contributed by atoms with van der Waals surface area (Å²) in [6.07, 6.45) is 1.10. The fourth-order valence-corrected chi connectivity index (χ4v) is 1.55. The lowest BCUT2D eigenvalue weighted by molar-refractivity contribution is -0.384. The fraction of sp³-hybridized carbons (Fsp3) is 0.273. The van der Waals surface area contributed by atoms with E-state index in [4.69, 9.17) is 0 Å². The average Bonchev–Trinajstić information content (AvgIpc) is 2.80. The summed E-state index contributed by atoms with van der Waals surface area (Å²) in [4.78, 5) is 10.0. The Morgan fingerprint density at radius 1 is 1.40 bits per heavy atom. The van der Waals surface area contributed by atoms with Crippen LogP contribution in [0.15, 0.2) is 18.3 Å². The lowest BCUT2D eigenvalue weighted by atomic mass is 10.1. The zero-order chi connectivity index (χ0) is 15.1. The van der Waals surface area contributed by atoms with Gasteiger partial charge in [0.15, 0.2) is 17.3 Å². The van der Waals surface area contributed by atoms with Gasteiger partial charge in [-0.15, -0.1) is 5.10 Å². The molecule has 1 aromatic heterocycles. The van der Waals surface area contributed by atoms with E-state index in [-0.39, 0.29) is 5.69 Å². The highest BCUT2D eigenvalue weighted by atomic mass is 19.2. The highest BCUT2D eigenvalue weighted by Gasteiger charge is 2.27. The second kappa shape index (κ2) is 4.60. The molecule has 0 saturated carbocycles. The van der Waals surface area contributed by atoms with E-state index in [9.17, 15) is 24.0 Å². The van der Waals surface area contributed by atoms with Gasteiger partial charge in [-0.05, 0) is 19.9 Å². The molecule has 0 aliphatic rings. The molecule has 106 valence electrons. The molecule has 7 nitrogen and oxygen atoms in total. The van der Waals surface area contributed by atoms with E-state index in [2.05, 4.69) is 10.3 Å². The first-order chi connectivity index (χ1) is 9.21. The van der Waals surface area contributed by atoms with Crippen LogP contribution in [0.1, 0.15) is 19.5 Å². The summed E-state index contributed by atoms with van der Waals surface area (Å²) < 4.78 is 27.8. The van der Waals surface area contributed by atoms with Gasteiger partial charge in [0.05, 0.1) is 11.1 Å². The third-order valence-corrected chi connectivity index (χ3v) is 2.59. The summed E-state index contributed by atoms with van der Waals surface area (Å²) in [7, 11) is 0. The molecule has 0 atom stereocenters. The van der Waals surface area contributed by atoms with Crippen molar-refractivity contribution in [3.63, 3.8) is 0 Å². The summed E-state index contributed by atoms with van der Waals surface area (Å²) in [5.74, 6) is -2.66. The predicted octanol–water partition coefficient (Wildman–Crippen LogP) is 1.68. The van der Waals surface area contributed by atoms with E-state index < -0.39 is 33.5 Å². The summed E-state index contributed by atoms with van der Waals surface area (Å²) in [6, 6.07) is 1.49. The van der Waals surface area contributed by atoms with Crippen LogP contribution in [0.5, 0.6) is 0 Å². The van der Waals surface area contributed by atoms with Crippen molar-refractivity contribution in [3.05, 3.63) is 45.8 Å². The number of nitro groups is 1. The third kappa shape index (κ3) is 2.35. The molecule has 0 aliphatic heterocycles. The number of benzene rings is 1. The maximum atomic E-state index is 13.8. The first-order valence-electron chi connectivity index (χ1n) is 5.50. The zero-order valence-corrected chi connectivity index (χ0v) is 10.5. The molecule has 0 unspecified atom stereocenters. The Morgan fingerprint density at radius 3 is 2.55 bits per heavy atom. The van der Waals surface area contributed by atoms with E-state index >= 15 is 0 Å². The standard InChI is InChI=1S/C11H10F2N4O3/c1-11(2,18)8-5-16(15-14-8)10-7(17(19)20)4-3-6(12)9(10)13/h3-5,18H,1-2H3. The van der Waals surface area contributed by atoms with Crippen molar-refractivity contribution >= 4 is 5.69 Å². The van der Waals surface area contributed by atoms with E-state index in [1.165, 1.54) is 13.8 Å². The van der Waals surface area contributed by atoms with E-state index in [1.807, 2.05) is 0 Å². The predicted molar refractivity (Wildman–Crippen MR) is 63.2 cm³/mol. The first kappa shape index (κ1) is 14.0. The molecule has 0 radical (unpaired) electrons. The third-order valence-electron chi connectivity index (χ3n) is 2.59. The number of nitro benzene ring substituents is 1. The van der Waals surface area contributed by atoms with Gasteiger partial charge in [0.2, 0.25) is 0 Å². The van der Waals surface area contributed by atoms with Crippen LogP contribution in [0.2, 0.25) is 0 Å². The van der Waals surface area contributed by atoms with Crippen molar-refractivity contribution in [2.24, 2.45) is 0 Å². The number of hydrogen-bond donors (Lipinski definition) is 1. The zero-order valence-electron chi connectivity index (χ0n) is 10.5. The Morgan fingerprint density at radius 2 is 2.05 bits per heavy atom. The van der Waals surface area contributed by atoms with Crippen LogP contribution < -0.4 is 0 Å². The van der Waals surface area contributed by atoms with Crippen LogP contribution in [0.4, 0.5) is 14.5 Å². The molecule has 0 amide bonds. The second-order valence-electron chi connectivity index (χ2n) is 4.59. The monoisotopic (exact) mass is 284 g/mol. The Labute approximate surface area is 111 Å². The lowest BCUT2D eigenvalue weighted by Crippen LogP contribution is -2.15. The van der Waals surface area contributed by atoms with Gasteiger partial charge in [-0.2, -0.15) is 0 Å². The number of aliphatic hydroxyl groups is 1. The maximum Gasteiger partial charge on any atom is 0.298 e. The summed E-state index contributed by atoms with van der Waals surface area (Å²) in [5.41, 5.74) is -2.62. The van der Waals surface area contributed by atoms with Gasteiger partial charge in [0.1, 0.15) is 11.3 Å². The molecule has 0 aliphatic carbocycles. The van der Waals surface area contributed by atoms with E-state index in [0.29, 0.717) is 6.07 Å². The van der Waals surface area contributed by atoms with Gasteiger partial charge >= 0.3 is 0 Å². The molecule has 0 bridgehead atoms. The quantitative estimate of drug-likeness (QED) is 0.683. The largest absolute Gasteiger partial charge is 0.384 e. The van der Waals surface area contributed by atoms with Gasteiger partial charge < -0.3 is 5.11 Å². The van der Waals surface area contributed by atoms with Crippen LogP contribution in [0.3, 0.4) is 0 Å². The van der Waals surface area contributed by atoms with Crippen molar-refractivity contribution in [1.29, 1.82) is 0 Å². The molecule has 1 heterocycles. The molecule has 1 aromatic carbocycles. The normalized spacial score (nSPS) is 11.7. The average molecular weight is 284 g/mol. The van der Waals surface area contributed by atoms with Gasteiger partial charge in [-0.3, -0.25) is 10.1 Å². The number of hydrogen-bond acceptors (Lipinski definition) is 5. The molecule has 20 heavy (non-hydrogen) atoms. The number of halogens is 2. The van der Waals surface area contributed by atoms with E-state index in [0.717, 1.165) is 16.9 Å². The molecule has 2 aromatic rings. The molecule has 0 fully saturated rings.